The first-order valence-electron chi connectivity index (χ1n) is 14.0. The van der Waals surface area contributed by atoms with Gasteiger partial charge in [0.25, 0.3) is 0 Å². The van der Waals surface area contributed by atoms with E-state index in [1.54, 1.807) is 31.2 Å². The number of carbonyl (C=O) groups is 4. The number of para-hydroxylation sites is 1. The molecule has 2 saturated heterocycles. The lowest BCUT2D eigenvalue weighted by molar-refractivity contribution is -0.140. The van der Waals surface area contributed by atoms with Crippen LogP contribution >= 0.6 is 0 Å². The van der Waals surface area contributed by atoms with Gasteiger partial charge in [-0.25, -0.2) is 4.90 Å². The average molecular weight is 535 g/mol. The second-order valence-corrected chi connectivity index (χ2v) is 11.6. The Balaban J connectivity index is 1.45. The van der Waals surface area contributed by atoms with Crippen LogP contribution in [-0.4, -0.2) is 40.2 Å². The Morgan fingerprint density at radius 2 is 1.60 bits per heavy atom. The maximum absolute atomic E-state index is 14.4. The van der Waals surface area contributed by atoms with Gasteiger partial charge in [-0.05, 0) is 50.1 Å². The van der Waals surface area contributed by atoms with Crippen molar-refractivity contribution < 1.29 is 24.3 Å². The number of allylic oxidation sites excluding steroid dienone is 2. The summed E-state index contributed by atoms with van der Waals surface area (Å²) in [4.78, 5) is 57.9. The third kappa shape index (κ3) is 3.06. The Labute approximate surface area is 232 Å². The van der Waals surface area contributed by atoms with E-state index in [9.17, 15) is 24.3 Å². The van der Waals surface area contributed by atoms with Gasteiger partial charge in [-0.1, -0.05) is 66.2 Å². The molecule has 3 aromatic rings. The normalized spacial score (nSPS) is 31.4. The van der Waals surface area contributed by atoms with E-state index in [2.05, 4.69) is 0 Å². The number of likely N-dealkylation sites (tertiary alicyclic amines) is 1. The topological polar surface area (TPSA) is 95.0 Å². The number of carbonyl (C=O) groups excluding carboxylic acids is 4. The van der Waals surface area contributed by atoms with Gasteiger partial charge in [-0.3, -0.25) is 24.1 Å². The molecule has 2 heterocycles. The molecule has 40 heavy (non-hydrogen) atoms. The predicted octanol–water partition coefficient (Wildman–Crippen LogP) is 4.80. The molecule has 202 valence electrons. The summed E-state index contributed by atoms with van der Waals surface area (Å²) in [6.45, 7) is 3.94. The number of amides is 4. The molecule has 0 aromatic heterocycles. The van der Waals surface area contributed by atoms with Gasteiger partial charge in [-0.15, -0.1) is 0 Å². The molecule has 7 heteroatoms. The molecule has 1 N–H and O–H groups in total. The van der Waals surface area contributed by atoms with Crippen LogP contribution in [-0.2, 0) is 19.2 Å². The van der Waals surface area contributed by atoms with Crippen molar-refractivity contribution in [3.8, 4) is 5.75 Å². The van der Waals surface area contributed by atoms with Crippen molar-refractivity contribution in [3.63, 3.8) is 0 Å². The van der Waals surface area contributed by atoms with Gasteiger partial charge >= 0.3 is 0 Å². The summed E-state index contributed by atoms with van der Waals surface area (Å²) in [5.41, 5.74) is 0.772. The molecule has 4 aliphatic rings. The molecule has 6 atom stereocenters. The van der Waals surface area contributed by atoms with Crippen LogP contribution in [0.3, 0.4) is 0 Å². The Bertz CT molecular complexity index is 1650. The molecule has 2 aliphatic carbocycles. The molecular weight excluding hydrogens is 504 g/mol. The fourth-order valence-corrected chi connectivity index (χ4v) is 8.06. The van der Waals surface area contributed by atoms with Crippen LogP contribution in [0.15, 0.2) is 78.4 Å². The molecule has 7 rings (SSSR count). The number of anilines is 1. The molecule has 4 amide bonds. The Hall–Kier alpha value is -4.26. The predicted molar refractivity (Wildman–Crippen MR) is 149 cm³/mol. The zero-order chi connectivity index (χ0) is 27.9. The van der Waals surface area contributed by atoms with E-state index < -0.39 is 29.1 Å². The summed E-state index contributed by atoms with van der Waals surface area (Å²) < 4.78 is 0. The quantitative estimate of drug-likeness (QED) is 0.385. The zero-order valence-corrected chi connectivity index (χ0v) is 22.4. The lowest BCUT2D eigenvalue weighted by Crippen LogP contribution is -2.48. The number of phenolic OH excluding ortho intramolecular Hbond substituents is 1. The third-order valence-electron chi connectivity index (χ3n) is 9.94. The Morgan fingerprint density at radius 3 is 2.35 bits per heavy atom. The van der Waals surface area contributed by atoms with Crippen molar-refractivity contribution in [2.75, 3.05) is 11.4 Å². The fourth-order valence-electron chi connectivity index (χ4n) is 8.06. The van der Waals surface area contributed by atoms with E-state index in [-0.39, 0.29) is 35.3 Å². The molecule has 0 bridgehead atoms. The standard InChI is InChI=1S/C33H30N2O5/c1-3-34-29(37)22-16-15-21-24(26(22)31(34)39)17-25-30(38)35(19-10-5-4-6-11-19)32(40)33(25,2)27(21)23-14-13-18-9-7-8-12-20(18)28(23)36/h4-15,22,24-27,36H,3,16-17H2,1-2H3/t22-,24+,25-,26-,27+,33+/m0/s1. The van der Waals surface area contributed by atoms with Crippen LogP contribution in [0, 0.1) is 29.1 Å². The van der Waals surface area contributed by atoms with Crippen molar-refractivity contribution in [1.82, 2.24) is 4.90 Å². The Kier molecular flexibility index (Phi) is 5.33. The zero-order valence-electron chi connectivity index (χ0n) is 22.4. The van der Waals surface area contributed by atoms with Crippen LogP contribution < -0.4 is 4.90 Å². The highest BCUT2D eigenvalue weighted by Gasteiger charge is 2.67. The molecule has 3 fully saturated rings. The maximum atomic E-state index is 14.4. The number of nitrogens with zero attached hydrogens (tertiary/aromatic N) is 2. The molecule has 0 radical (unpaired) electrons. The molecule has 1 saturated carbocycles. The summed E-state index contributed by atoms with van der Waals surface area (Å²) in [5.74, 6) is -3.65. The highest BCUT2D eigenvalue weighted by atomic mass is 16.3. The van der Waals surface area contributed by atoms with E-state index in [1.807, 2.05) is 55.5 Å². The first-order chi connectivity index (χ1) is 19.3. The number of hydrogen-bond acceptors (Lipinski definition) is 5. The average Bonchev–Trinajstić information content (AvgIpc) is 3.33. The summed E-state index contributed by atoms with van der Waals surface area (Å²) in [7, 11) is 0. The van der Waals surface area contributed by atoms with Crippen LogP contribution in [0.25, 0.3) is 10.8 Å². The largest absolute Gasteiger partial charge is 0.507 e. The number of aromatic hydroxyl groups is 1. The van der Waals surface area contributed by atoms with Gasteiger partial charge in [0.15, 0.2) is 0 Å². The molecular formula is C33H30N2O5. The SMILES string of the molecule is CCN1C(=O)[C@H]2[C@H](CC=C3[C@H]2C[C@H]2C(=O)N(c4ccccc4)C(=O)[C@@]2(C)[C@H]3c2ccc3ccccc3c2O)C1=O. The van der Waals surface area contributed by atoms with Gasteiger partial charge in [0.05, 0.1) is 28.9 Å². The number of rotatable bonds is 3. The van der Waals surface area contributed by atoms with Crippen molar-refractivity contribution >= 4 is 40.1 Å². The van der Waals surface area contributed by atoms with E-state index in [0.29, 0.717) is 36.0 Å². The van der Waals surface area contributed by atoms with Gasteiger partial charge < -0.3 is 5.11 Å². The van der Waals surface area contributed by atoms with E-state index in [0.717, 1.165) is 11.0 Å². The molecule has 7 nitrogen and oxygen atoms in total. The number of fused-ring (bicyclic) bond motifs is 5. The van der Waals surface area contributed by atoms with Gasteiger partial charge in [0, 0.05) is 23.4 Å². The highest BCUT2D eigenvalue weighted by molar-refractivity contribution is 6.24. The monoisotopic (exact) mass is 534 g/mol. The molecule has 2 aliphatic heterocycles. The minimum atomic E-state index is -1.18. The fraction of sp³-hybridized carbons (Fsp3) is 0.333. The molecule has 3 aromatic carbocycles. The van der Waals surface area contributed by atoms with Gasteiger partial charge in [0.1, 0.15) is 5.75 Å². The molecule has 0 unspecified atom stereocenters. The number of benzene rings is 3. The van der Waals surface area contributed by atoms with Crippen molar-refractivity contribution in [1.29, 1.82) is 0 Å². The van der Waals surface area contributed by atoms with Crippen LogP contribution in [0.4, 0.5) is 5.69 Å². The van der Waals surface area contributed by atoms with E-state index >= 15 is 0 Å². The minimum Gasteiger partial charge on any atom is -0.507 e. The third-order valence-corrected chi connectivity index (χ3v) is 9.94. The number of phenols is 1. The van der Waals surface area contributed by atoms with Crippen LogP contribution in [0.1, 0.15) is 38.2 Å². The molecule has 0 spiro atoms. The minimum absolute atomic E-state index is 0.0779. The second kappa shape index (κ2) is 8.62. The summed E-state index contributed by atoms with van der Waals surface area (Å²) >= 11 is 0. The van der Waals surface area contributed by atoms with Gasteiger partial charge in [-0.2, -0.15) is 0 Å². The van der Waals surface area contributed by atoms with Crippen molar-refractivity contribution in [2.45, 2.75) is 32.6 Å². The second-order valence-electron chi connectivity index (χ2n) is 11.6. The smallest absolute Gasteiger partial charge is 0.241 e. The Morgan fingerprint density at radius 1 is 0.875 bits per heavy atom. The summed E-state index contributed by atoms with van der Waals surface area (Å²) in [6.07, 6.45) is 2.71. The highest BCUT2D eigenvalue weighted by Crippen LogP contribution is 2.64. The first kappa shape index (κ1) is 24.8. The van der Waals surface area contributed by atoms with Crippen molar-refractivity contribution in [2.24, 2.45) is 29.1 Å². The van der Waals surface area contributed by atoms with Crippen LogP contribution in [0.5, 0.6) is 5.75 Å². The number of imide groups is 2. The van der Waals surface area contributed by atoms with Crippen molar-refractivity contribution in [3.05, 3.63) is 83.9 Å². The lowest BCUT2D eigenvalue weighted by atomic mass is 9.51. The van der Waals surface area contributed by atoms with E-state index in [4.69, 9.17) is 0 Å². The lowest BCUT2D eigenvalue weighted by Gasteiger charge is -2.49. The van der Waals surface area contributed by atoms with Gasteiger partial charge in [0.2, 0.25) is 23.6 Å². The van der Waals surface area contributed by atoms with Crippen LogP contribution in [0.2, 0.25) is 0 Å². The first-order valence-corrected chi connectivity index (χ1v) is 14.0. The number of hydrogen-bond donors (Lipinski definition) is 1. The maximum Gasteiger partial charge on any atom is 0.241 e. The summed E-state index contributed by atoms with van der Waals surface area (Å²) in [6, 6.07) is 20.2. The van der Waals surface area contributed by atoms with E-state index in [1.165, 1.54) is 9.80 Å². The summed E-state index contributed by atoms with van der Waals surface area (Å²) in [5, 5.41) is 13.2.